The van der Waals surface area contributed by atoms with Crippen molar-refractivity contribution in [2.24, 2.45) is 16.5 Å². The second-order valence-electron chi connectivity index (χ2n) is 4.74. The third-order valence-electron chi connectivity index (χ3n) is 2.29. The molecule has 1 unspecified atom stereocenters. The number of amidine groups is 1. The van der Waals surface area contributed by atoms with Gasteiger partial charge in [0.1, 0.15) is 0 Å². The number of rotatable bonds is 6. The van der Waals surface area contributed by atoms with E-state index in [-0.39, 0.29) is 0 Å². The third kappa shape index (κ3) is 7.49. The van der Waals surface area contributed by atoms with Gasteiger partial charge in [0.05, 0.1) is 20.0 Å². The molecule has 6 N–H and O–H groups in total. The summed E-state index contributed by atoms with van der Waals surface area (Å²) in [6, 6.07) is 0.363. The molecule has 0 amide bonds. The zero-order valence-corrected chi connectivity index (χ0v) is 10.8. The highest BCUT2D eigenvalue weighted by Gasteiger charge is 2.22. The SMILES string of the molecule is CC(N)=NC[Si](C)(C)CCC(N)C(O)O. The Morgan fingerprint density at radius 2 is 1.93 bits per heavy atom. The van der Waals surface area contributed by atoms with Crippen LogP contribution in [0.15, 0.2) is 4.99 Å². The number of aliphatic imine (C=N–C) groups is 1. The van der Waals surface area contributed by atoms with E-state index in [9.17, 15) is 0 Å². The largest absolute Gasteiger partial charge is 0.388 e. The van der Waals surface area contributed by atoms with Crippen LogP contribution in [0.25, 0.3) is 0 Å². The molecule has 0 aromatic rings. The summed E-state index contributed by atoms with van der Waals surface area (Å²) in [7, 11) is -1.44. The average molecular weight is 233 g/mol. The molecule has 0 rings (SSSR count). The fourth-order valence-electron chi connectivity index (χ4n) is 1.12. The van der Waals surface area contributed by atoms with Gasteiger partial charge in [-0.2, -0.15) is 0 Å². The lowest BCUT2D eigenvalue weighted by Crippen LogP contribution is -2.38. The van der Waals surface area contributed by atoms with Crippen molar-refractivity contribution in [3.63, 3.8) is 0 Å². The van der Waals surface area contributed by atoms with Crippen LogP contribution in [0.3, 0.4) is 0 Å². The van der Waals surface area contributed by atoms with E-state index in [1.165, 1.54) is 0 Å². The first kappa shape index (κ1) is 14.6. The molecule has 0 heterocycles. The molecule has 90 valence electrons. The molecule has 0 spiro atoms. The van der Waals surface area contributed by atoms with Gasteiger partial charge < -0.3 is 21.7 Å². The number of hydrogen-bond donors (Lipinski definition) is 4. The van der Waals surface area contributed by atoms with Crippen LogP contribution in [-0.2, 0) is 0 Å². The summed E-state index contributed by atoms with van der Waals surface area (Å²) in [6.45, 7) is 6.15. The van der Waals surface area contributed by atoms with Crippen molar-refractivity contribution in [3.05, 3.63) is 0 Å². The standard InChI is InChI=1S/C9H23N3O2Si/c1-7(10)12-6-15(2,3)5-4-8(11)9(13)14/h8-9,13-14H,4-6,11H2,1-3H3,(H2,10,12). The maximum atomic E-state index is 8.83. The lowest BCUT2D eigenvalue weighted by atomic mass is 10.2. The van der Waals surface area contributed by atoms with Gasteiger partial charge in [-0.25, -0.2) is 0 Å². The van der Waals surface area contributed by atoms with E-state index in [2.05, 4.69) is 18.1 Å². The molecule has 0 aliphatic rings. The van der Waals surface area contributed by atoms with Crippen molar-refractivity contribution in [2.45, 2.75) is 44.8 Å². The number of aliphatic hydroxyl groups excluding tert-OH is 1. The number of aliphatic hydroxyl groups is 2. The van der Waals surface area contributed by atoms with Gasteiger partial charge in [0.25, 0.3) is 0 Å². The van der Waals surface area contributed by atoms with Crippen molar-refractivity contribution < 1.29 is 10.2 Å². The molecule has 0 aliphatic carbocycles. The van der Waals surface area contributed by atoms with Gasteiger partial charge in [0.2, 0.25) is 0 Å². The van der Waals surface area contributed by atoms with Crippen LogP contribution in [0.1, 0.15) is 13.3 Å². The van der Waals surface area contributed by atoms with Crippen LogP contribution in [0.2, 0.25) is 19.1 Å². The highest BCUT2D eigenvalue weighted by atomic mass is 28.3. The van der Waals surface area contributed by atoms with E-state index in [1.54, 1.807) is 6.92 Å². The Morgan fingerprint density at radius 1 is 1.40 bits per heavy atom. The van der Waals surface area contributed by atoms with Gasteiger partial charge >= 0.3 is 0 Å². The van der Waals surface area contributed by atoms with Gasteiger partial charge in [0.15, 0.2) is 6.29 Å². The summed E-state index contributed by atoms with van der Waals surface area (Å²) < 4.78 is 0. The normalized spacial score (nSPS) is 15.8. The van der Waals surface area contributed by atoms with Crippen molar-refractivity contribution in [1.82, 2.24) is 0 Å². The molecule has 6 heteroatoms. The molecule has 0 radical (unpaired) electrons. The Morgan fingerprint density at radius 3 is 2.33 bits per heavy atom. The van der Waals surface area contributed by atoms with E-state index in [4.69, 9.17) is 21.7 Å². The quantitative estimate of drug-likeness (QED) is 0.218. The smallest absolute Gasteiger partial charge is 0.166 e. The van der Waals surface area contributed by atoms with Crippen LogP contribution < -0.4 is 11.5 Å². The Labute approximate surface area is 92.2 Å². The second kappa shape index (κ2) is 6.22. The van der Waals surface area contributed by atoms with Gasteiger partial charge in [-0.3, -0.25) is 4.99 Å². The molecular formula is C9H23N3O2Si. The lowest BCUT2D eigenvalue weighted by molar-refractivity contribution is -0.0586. The zero-order chi connectivity index (χ0) is 12.1. The Bertz CT molecular complexity index is 215. The molecule has 1 atom stereocenters. The molecular weight excluding hydrogens is 210 g/mol. The fourth-order valence-corrected chi connectivity index (χ4v) is 3.07. The molecule has 0 aromatic heterocycles. The first-order valence-corrected chi connectivity index (χ1v) is 8.54. The summed E-state index contributed by atoms with van der Waals surface area (Å²) in [6.07, 6.45) is -0.0332. The van der Waals surface area contributed by atoms with Crippen molar-refractivity contribution in [2.75, 3.05) is 6.17 Å². The minimum absolute atomic E-state index is 0.556. The Hall–Kier alpha value is -0.433. The average Bonchev–Trinajstić information content (AvgIpc) is 2.11. The maximum Gasteiger partial charge on any atom is 0.166 e. The van der Waals surface area contributed by atoms with Gasteiger partial charge in [0, 0.05) is 6.17 Å². The fraction of sp³-hybridized carbons (Fsp3) is 0.889. The molecule has 0 saturated heterocycles. The van der Waals surface area contributed by atoms with E-state index in [0.717, 1.165) is 12.2 Å². The van der Waals surface area contributed by atoms with Crippen LogP contribution in [-0.4, -0.2) is 42.6 Å². The Kier molecular flexibility index (Phi) is 6.04. The summed E-state index contributed by atoms with van der Waals surface area (Å²) in [5, 5.41) is 17.7. The lowest BCUT2D eigenvalue weighted by Gasteiger charge is -2.22. The number of hydrogen-bond acceptors (Lipinski definition) is 4. The van der Waals surface area contributed by atoms with Gasteiger partial charge in [-0.1, -0.05) is 19.1 Å². The van der Waals surface area contributed by atoms with Crippen molar-refractivity contribution in [1.29, 1.82) is 0 Å². The summed E-state index contributed by atoms with van der Waals surface area (Å²) in [5.74, 6) is 0.599. The van der Waals surface area contributed by atoms with Gasteiger partial charge in [-0.15, -0.1) is 0 Å². The zero-order valence-electron chi connectivity index (χ0n) is 9.77. The second-order valence-corrected chi connectivity index (χ2v) is 9.88. The minimum atomic E-state index is -1.44. The molecule has 0 saturated carbocycles. The molecule has 0 bridgehead atoms. The molecule has 0 aromatic carbocycles. The van der Waals surface area contributed by atoms with E-state index in [1.807, 2.05) is 0 Å². The van der Waals surface area contributed by atoms with Crippen molar-refractivity contribution >= 4 is 13.9 Å². The van der Waals surface area contributed by atoms with Crippen LogP contribution >= 0.6 is 0 Å². The predicted molar refractivity (Wildman–Crippen MR) is 65.3 cm³/mol. The maximum absolute atomic E-state index is 8.83. The van der Waals surface area contributed by atoms with Crippen molar-refractivity contribution in [3.8, 4) is 0 Å². The van der Waals surface area contributed by atoms with E-state index < -0.39 is 20.4 Å². The van der Waals surface area contributed by atoms with Gasteiger partial charge in [-0.05, 0) is 13.3 Å². The monoisotopic (exact) mass is 233 g/mol. The van der Waals surface area contributed by atoms with Crippen LogP contribution in [0.4, 0.5) is 0 Å². The van der Waals surface area contributed by atoms with Crippen LogP contribution in [0.5, 0.6) is 0 Å². The molecule has 15 heavy (non-hydrogen) atoms. The Balaban J connectivity index is 3.98. The van der Waals surface area contributed by atoms with E-state index in [0.29, 0.717) is 12.3 Å². The summed E-state index contributed by atoms with van der Waals surface area (Å²) in [5.41, 5.74) is 11.0. The number of nitrogens with zero attached hydrogens (tertiary/aromatic N) is 1. The highest BCUT2D eigenvalue weighted by molar-refractivity contribution is 6.77. The molecule has 0 fully saturated rings. The summed E-state index contributed by atoms with van der Waals surface area (Å²) >= 11 is 0. The molecule has 5 nitrogen and oxygen atoms in total. The first-order valence-electron chi connectivity index (χ1n) is 5.13. The highest BCUT2D eigenvalue weighted by Crippen LogP contribution is 2.14. The first-order chi connectivity index (χ1) is 6.74. The topological polar surface area (TPSA) is 105 Å². The minimum Gasteiger partial charge on any atom is -0.388 e. The number of nitrogens with two attached hydrogens (primary N) is 2. The predicted octanol–water partition coefficient (Wildman–Crippen LogP) is -0.361. The summed E-state index contributed by atoms with van der Waals surface area (Å²) in [4.78, 5) is 4.21. The third-order valence-corrected chi connectivity index (χ3v) is 4.95. The van der Waals surface area contributed by atoms with E-state index >= 15 is 0 Å². The molecule has 0 aliphatic heterocycles. The van der Waals surface area contributed by atoms with Crippen LogP contribution in [0, 0.1) is 0 Å².